The van der Waals surface area contributed by atoms with Crippen molar-refractivity contribution in [1.82, 2.24) is 0 Å². The number of hydrogen-bond donors (Lipinski definition) is 1. The predicted octanol–water partition coefficient (Wildman–Crippen LogP) is 2.22. The van der Waals surface area contributed by atoms with Gasteiger partial charge < -0.3 is 9.26 Å². The number of para-hydroxylation sites is 1. The molecule has 0 radical (unpaired) electrons. The van der Waals surface area contributed by atoms with Crippen molar-refractivity contribution in [3.63, 3.8) is 0 Å². The lowest BCUT2D eigenvalue weighted by Gasteiger charge is -2.14. The fourth-order valence-electron chi connectivity index (χ4n) is 1.16. The highest BCUT2D eigenvalue weighted by Crippen LogP contribution is 2.44. The van der Waals surface area contributed by atoms with Gasteiger partial charge in [0.2, 0.25) is 0 Å². The Hall–Kier alpha value is -1.62. The summed E-state index contributed by atoms with van der Waals surface area (Å²) >= 11 is 0. The van der Waals surface area contributed by atoms with E-state index in [0.29, 0.717) is 5.56 Å². The molecule has 1 N–H and O–H groups in total. The molecule has 0 aromatic heterocycles. The minimum Gasteiger partial charge on any atom is -0.460 e. The smallest absolute Gasteiger partial charge is 0.460 e. The molecule has 19 heavy (non-hydrogen) atoms. The van der Waals surface area contributed by atoms with Crippen molar-refractivity contribution in [3.05, 3.63) is 42.5 Å². The van der Waals surface area contributed by atoms with Gasteiger partial charge in [-0.1, -0.05) is 24.8 Å². The molecule has 0 bridgehead atoms. The van der Waals surface area contributed by atoms with Crippen LogP contribution in [0.15, 0.2) is 36.9 Å². The normalized spacial score (nSPS) is 13.4. The van der Waals surface area contributed by atoms with Gasteiger partial charge >= 0.3 is 13.8 Å². The molecule has 0 aliphatic carbocycles. The summed E-state index contributed by atoms with van der Waals surface area (Å²) in [6.07, 6.45) is 0.988. The van der Waals surface area contributed by atoms with E-state index in [1.807, 2.05) is 0 Å². The fraction of sp³-hybridized carbons (Fsp3) is 0.250. The highest BCUT2D eigenvalue weighted by Gasteiger charge is 2.23. The summed E-state index contributed by atoms with van der Waals surface area (Å²) in [4.78, 5) is 20.2. The first-order chi connectivity index (χ1) is 8.94. The van der Waals surface area contributed by atoms with Gasteiger partial charge in [-0.3, -0.25) is 9.42 Å². The van der Waals surface area contributed by atoms with Crippen LogP contribution in [0.1, 0.15) is 5.56 Å². The van der Waals surface area contributed by atoms with E-state index in [1.54, 1.807) is 31.2 Å². The van der Waals surface area contributed by atoms with Crippen molar-refractivity contribution in [2.45, 2.75) is 6.92 Å². The Morgan fingerprint density at radius 2 is 2.11 bits per heavy atom. The van der Waals surface area contributed by atoms with E-state index in [-0.39, 0.29) is 19.0 Å². The molecule has 6 nitrogen and oxygen atoms in total. The van der Waals surface area contributed by atoms with E-state index in [1.165, 1.54) is 0 Å². The van der Waals surface area contributed by atoms with Gasteiger partial charge in [0.25, 0.3) is 0 Å². The van der Waals surface area contributed by atoms with Crippen LogP contribution in [0.4, 0.5) is 0 Å². The maximum absolute atomic E-state index is 11.6. The van der Waals surface area contributed by atoms with Crippen molar-refractivity contribution < 1.29 is 28.0 Å². The van der Waals surface area contributed by atoms with Gasteiger partial charge in [0.15, 0.2) is 0 Å². The summed E-state index contributed by atoms with van der Waals surface area (Å²) < 4.78 is 25.7. The number of esters is 1. The molecular formula is C12H15O6P. The highest BCUT2D eigenvalue weighted by atomic mass is 31.2. The van der Waals surface area contributed by atoms with Gasteiger partial charge in [0.1, 0.15) is 12.4 Å². The van der Waals surface area contributed by atoms with E-state index < -0.39 is 13.8 Å². The number of carbonyl (C=O) groups excluding carboxylic acids is 1. The first-order valence-electron chi connectivity index (χ1n) is 5.46. The van der Waals surface area contributed by atoms with E-state index in [0.717, 1.165) is 6.08 Å². The third kappa shape index (κ3) is 5.70. The molecule has 0 aliphatic rings. The standard InChI is InChI=1S/C12H15O6P/c1-3-12(13)16-8-9-17-19(14,15)18-11-7-5-4-6-10(11)2/h3-7H,1,8-9H2,2H3,(H,14,15). The molecule has 0 spiro atoms. The molecule has 0 aliphatic heterocycles. The number of hydrogen-bond acceptors (Lipinski definition) is 5. The van der Waals surface area contributed by atoms with Crippen LogP contribution in [-0.4, -0.2) is 24.1 Å². The minimum absolute atomic E-state index is 0.160. The Kier molecular flexibility index (Phi) is 5.76. The zero-order valence-corrected chi connectivity index (χ0v) is 11.3. The molecule has 7 heteroatoms. The lowest BCUT2D eigenvalue weighted by molar-refractivity contribution is -0.138. The molecule has 104 valence electrons. The van der Waals surface area contributed by atoms with Crippen LogP contribution in [0.2, 0.25) is 0 Å². The van der Waals surface area contributed by atoms with E-state index in [2.05, 4.69) is 15.8 Å². The van der Waals surface area contributed by atoms with E-state index >= 15 is 0 Å². The number of phosphoric acid groups is 1. The average Bonchev–Trinajstić information content (AvgIpc) is 2.37. The van der Waals surface area contributed by atoms with Crippen LogP contribution in [0.5, 0.6) is 5.75 Å². The predicted molar refractivity (Wildman–Crippen MR) is 68.7 cm³/mol. The van der Waals surface area contributed by atoms with Crippen molar-refractivity contribution in [2.75, 3.05) is 13.2 Å². The van der Waals surface area contributed by atoms with Crippen molar-refractivity contribution in [2.24, 2.45) is 0 Å². The summed E-state index contributed by atoms with van der Waals surface area (Å²) in [6, 6.07) is 6.74. The van der Waals surface area contributed by atoms with Crippen LogP contribution in [-0.2, 0) is 18.6 Å². The summed E-state index contributed by atoms with van der Waals surface area (Å²) in [6.45, 7) is 4.54. The molecule has 0 fully saturated rings. The quantitative estimate of drug-likeness (QED) is 0.358. The molecule has 0 saturated carbocycles. The highest BCUT2D eigenvalue weighted by molar-refractivity contribution is 7.47. The summed E-state index contributed by atoms with van der Waals surface area (Å²) in [5, 5.41) is 0. The number of rotatable bonds is 7. The third-order valence-electron chi connectivity index (χ3n) is 2.06. The molecule has 0 heterocycles. The molecule has 1 atom stereocenters. The number of aryl methyl sites for hydroxylation is 1. The molecule has 0 saturated heterocycles. The Bertz CT molecular complexity index is 499. The SMILES string of the molecule is C=CC(=O)OCCOP(=O)(O)Oc1ccccc1C. The van der Waals surface area contributed by atoms with Crippen LogP contribution in [0, 0.1) is 6.92 Å². The maximum Gasteiger partial charge on any atom is 0.527 e. The van der Waals surface area contributed by atoms with Gasteiger partial charge in [0.05, 0.1) is 6.61 Å². The Balaban J connectivity index is 2.44. The zero-order chi connectivity index (χ0) is 14.3. The average molecular weight is 286 g/mol. The van der Waals surface area contributed by atoms with Gasteiger partial charge in [-0.2, -0.15) is 0 Å². The van der Waals surface area contributed by atoms with Crippen LogP contribution in [0.25, 0.3) is 0 Å². The second kappa shape index (κ2) is 7.09. The van der Waals surface area contributed by atoms with Crippen LogP contribution < -0.4 is 4.52 Å². The largest absolute Gasteiger partial charge is 0.527 e. The Morgan fingerprint density at radius 1 is 1.42 bits per heavy atom. The molecule has 1 rings (SSSR count). The summed E-state index contributed by atoms with van der Waals surface area (Å²) in [5.41, 5.74) is 0.707. The molecule has 0 amide bonds. The van der Waals surface area contributed by atoms with E-state index in [9.17, 15) is 14.3 Å². The molecule has 1 unspecified atom stereocenters. The summed E-state index contributed by atoms with van der Waals surface area (Å²) in [7, 11) is -4.23. The Morgan fingerprint density at radius 3 is 2.74 bits per heavy atom. The molecule has 1 aromatic carbocycles. The van der Waals surface area contributed by atoms with Crippen molar-refractivity contribution in [1.29, 1.82) is 0 Å². The number of phosphoric ester groups is 1. The Labute approximate surface area is 111 Å². The lowest BCUT2D eigenvalue weighted by Crippen LogP contribution is -2.09. The van der Waals surface area contributed by atoms with Gasteiger partial charge in [-0.25, -0.2) is 9.36 Å². The first-order valence-corrected chi connectivity index (χ1v) is 6.96. The fourth-order valence-corrected chi connectivity index (χ4v) is 1.97. The summed E-state index contributed by atoms with van der Waals surface area (Å²) in [5.74, 6) is -0.368. The van der Waals surface area contributed by atoms with Gasteiger partial charge in [-0.15, -0.1) is 0 Å². The first kappa shape index (κ1) is 15.4. The van der Waals surface area contributed by atoms with Crippen molar-refractivity contribution in [3.8, 4) is 5.75 Å². The third-order valence-corrected chi connectivity index (χ3v) is 2.99. The van der Waals surface area contributed by atoms with Crippen LogP contribution in [0.3, 0.4) is 0 Å². The second-order valence-corrected chi connectivity index (χ2v) is 4.91. The molecule has 1 aromatic rings. The monoisotopic (exact) mass is 286 g/mol. The number of benzene rings is 1. The van der Waals surface area contributed by atoms with Crippen molar-refractivity contribution >= 4 is 13.8 Å². The number of carbonyl (C=O) groups is 1. The number of ether oxygens (including phenoxy) is 1. The lowest BCUT2D eigenvalue weighted by atomic mass is 10.2. The second-order valence-electron chi connectivity index (χ2n) is 3.53. The van der Waals surface area contributed by atoms with Gasteiger partial charge in [-0.05, 0) is 18.6 Å². The topological polar surface area (TPSA) is 82.1 Å². The molecular weight excluding hydrogens is 271 g/mol. The van der Waals surface area contributed by atoms with Crippen LogP contribution >= 0.6 is 7.82 Å². The maximum atomic E-state index is 11.6. The zero-order valence-electron chi connectivity index (χ0n) is 10.4. The van der Waals surface area contributed by atoms with E-state index in [4.69, 9.17) is 4.52 Å². The van der Waals surface area contributed by atoms with Gasteiger partial charge in [0, 0.05) is 6.08 Å². The minimum atomic E-state index is -4.23.